The number of urea groups is 1. The van der Waals surface area contributed by atoms with E-state index in [2.05, 4.69) is 10.7 Å². The van der Waals surface area contributed by atoms with E-state index in [4.69, 9.17) is 4.74 Å². The first-order valence-corrected chi connectivity index (χ1v) is 13.7. The van der Waals surface area contributed by atoms with Gasteiger partial charge in [-0.3, -0.25) is 19.5 Å². The molecule has 2 N–H and O–H groups in total. The largest absolute Gasteiger partial charge is 0.494 e. The van der Waals surface area contributed by atoms with Crippen LogP contribution in [-0.4, -0.2) is 85.1 Å². The second-order valence-electron chi connectivity index (χ2n) is 11.7. The van der Waals surface area contributed by atoms with Crippen molar-refractivity contribution in [2.24, 2.45) is 0 Å². The molecule has 0 radical (unpaired) electrons. The molecule has 10 nitrogen and oxygen atoms in total. The quantitative estimate of drug-likeness (QED) is 0.476. The van der Waals surface area contributed by atoms with Crippen molar-refractivity contribution in [1.29, 1.82) is 0 Å². The van der Waals surface area contributed by atoms with Crippen LogP contribution >= 0.6 is 0 Å². The third-order valence-electron chi connectivity index (χ3n) is 6.93. The van der Waals surface area contributed by atoms with Crippen LogP contribution in [0.2, 0.25) is 0 Å². The molecule has 212 valence electrons. The van der Waals surface area contributed by atoms with Gasteiger partial charge in [-0.15, -0.1) is 0 Å². The van der Waals surface area contributed by atoms with Crippen LogP contribution < -0.4 is 20.5 Å². The molecule has 0 unspecified atom stereocenters. The Balaban J connectivity index is 1.71. The normalized spacial score (nSPS) is 16.4. The molecule has 1 aromatic rings. The molecule has 1 aromatic carbocycles. The molecule has 0 aromatic heterocycles. The lowest BCUT2D eigenvalue weighted by atomic mass is 9.95. The molecule has 0 atom stereocenters. The van der Waals surface area contributed by atoms with E-state index in [1.807, 2.05) is 60.8 Å². The second kappa shape index (κ2) is 13.2. The number of rotatable bonds is 9. The zero-order valence-corrected chi connectivity index (χ0v) is 24.0. The van der Waals surface area contributed by atoms with Gasteiger partial charge < -0.3 is 19.9 Å². The number of hydrogen-bond acceptors (Lipinski definition) is 6. The Labute approximate surface area is 227 Å². The number of anilines is 1. The minimum atomic E-state index is -0.323. The first-order chi connectivity index (χ1) is 17.9. The summed E-state index contributed by atoms with van der Waals surface area (Å²) in [6, 6.07) is 5.90. The lowest BCUT2D eigenvalue weighted by Crippen LogP contribution is -2.57. The summed E-state index contributed by atoms with van der Waals surface area (Å²) in [4.78, 5) is 43.1. The molecule has 1 fully saturated rings. The molecule has 4 amide bonds. The second-order valence-corrected chi connectivity index (χ2v) is 11.7. The maximum atomic E-state index is 13.2. The van der Waals surface area contributed by atoms with Crippen LogP contribution in [0.1, 0.15) is 71.3 Å². The van der Waals surface area contributed by atoms with Crippen LogP contribution in [-0.2, 0) is 16.1 Å². The molecule has 0 saturated heterocycles. The van der Waals surface area contributed by atoms with E-state index in [-0.39, 0.29) is 36.0 Å². The van der Waals surface area contributed by atoms with Gasteiger partial charge in [-0.1, -0.05) is 19.3 Å². The van der Waals surface area contributed by atoms with Crippen molar-refractivity contribution in [3.8, 4) is 5.75 Å². The number of carbonyl (C=O) groups is 3. The van der Waals surface area contributed by atoms with Gasteiger partial charge in [-0.2, -0.15) is 0 Å². The molecule has 0 bridgehead atoms. The first-order valence-electron chi connectivity index (χ1n) is 13.7. The molecule has 1 heterocycles. The zero-order valence-electron chi connectivity index (χ0n) is 24.0. The predicted molar refractivity (Wildman–Crippen MR) is 149 cm³/mol. The molecule has 0 spiro atoms. The van der Waals surface area contributed by atoms with Gasteiger partial charge in [-0.05, 0) is 63.8 Å². The fourth-order valence-electron chi connectivity index (χ4n) is 4.94. The summed E-state index contributed by atoms with van der Waals surface area (Å²) < 4.78 is 5.94. The van der Waals surface area contributed by atoms with Crippen LogP contribution in [0, 0.1) is 0 Å². The summed E-state index contributed by atoms with van der Waals surface area (Å²) >= 11 is 0. The third-order valence-corrected chi connectivity index (χ3v) is 6.93. The number of hydrogen-bond donors (Lipinski definition) is 2. The van der Waals surface area contributed by atoms with Gasteiger partial charge in [0.2, 0.25) is 11.8 Å². The van der Waals surface area contributed by atoms with Crippen molar-refractivity contribution < 1.29 is 19.1 Å². The van der Waals surface area contributed by atoms with Crippen molar-refractivity contribution in [1.82, 2.24) is 25.4 Å². The molecule has 2 aliphatic rings. The zero-order chi connectivity index (χ0) is 27.9. The lowest BCUT2D eigenvalue weighted by Gasteiger charge is -2.40. The summed E-state index contributed by atoms with van der Waals surface area (Å²) in [5.41, 5.74) is 4.61. The predicted octanol–water partition coefficient (Wildman–Crippen LogP) is 3.32. The van der Waals surface area contributed by atoms with Crippen LogP contribution in [0.3, 0.4) is 0 Å². The highest BCUT2D eigenvalue weighted by Gasteiger charge is 2.29. The van der Waals surface area contributed by atoms with Gasteiger partial charge in [0, 0.05) is 45.7 Å². The Morgan fingerprint density at radius 2 is 1.79 bits per heavy atom. The number of amides is 4. The van der Waals surface area contributed by atoms with Gasteiger partial charge in [0.25, 0.3) is 0 Å². The minimum absolute atomic E-state index is 0.0653. The number of ether oxygens (including phenoxy) is 1. The monoisotopic (exact) mass is 530 g/mol. The van der Waals surface area contributed by atoms with Gasteiger partial charge in [0.15, 0.2) is 0 Å². The van der Waals surface area contributed by atoms with E-state index in [9.17, 15) is 14.4 Å². The van der Waals surface area contributed by atoms with Crippen molar-refractivity contribution in [3.05, 3.63) is 23.8 Å². The molecule has 1 saturated carbocycles. The van der Waals surface area contributed by atoms with Crippen molar-refractivity contribution >= 4 is 23.5 Å². The topological polar surface area (TPSA) is 97.5 Å². The number of benzene rings is 1. The fraction of sp³-hybridized carbons (Fsp3) is 0.679. The van der Waals surface area contributed by atoms with Crippen LogP contribution in [0.15, 0.2) is 18.2 Å². The molecule has 3 rings (SSSR count). The Morgan fingerprint density at radius 1 is 1.08 bits per heavy atom. The highest BCUT2D eigenvalue weighted by Crippen LogP contribution is 2.30. The van der Waals surface area contributed by atoms with E-state index in [0.29, 0.717) is 38.4 Å². The van der Waals surface area contributed by atoms with E-state index in [1.165, 1.54) is 6.42 Å². The van der Waals surface area contributed by atoms with Crippen LogP contribution in [0.25, 0.3) is 0 Å². The summed E-state index contributed by atoms with van der Waals surface area (Å²) in [5.74, 6) is 0.713. The van der Waals surface area contributed by atoms with Crippen molar-refractivity contribution in [2.45, 2.75) is 83.8 Å². The lowest BCUT2D eigenvalue weighted by molar-refractivity contribution is -0.129. The Morgan fingerprint density at radius 3 is 2.45 bits per heavy atom. The number of nitrogens with zero attached hydrogens (tertiary/aromatic N) is 4. The average molecular weight is 531 g/mol. The van der Waals surface area contributed by atoms with Gasteiger partial charge in [0.1, 0.15) is 5.75 Å². The fourth-order valence-corrected chi connectivity index (χ4v) is 4.94. The maximum Gasteiger partial charge on any atom is 0.336 e. The molecule has 1 aliphatic heterocycles. The first kappa shape index (κ1) is 29.5. The summed E-state index contributed by atoms with van der Waals surface area (Å²) in [7, 11) is 5.36. The highest BCUT2D eigenvalue weighted by atomic mass is 16.5. The minimum Gasteiger partial charge on any atom is -0.494 e. The van der Waals surface area contributed by atoms with E-state index >= 15 is 0 Å². The van der Waals surface area contributed by atoms with Gasteiger partial charge in [-0.25, -0.2) is 10.2 Å². The summed E-state index contributed by atoms with van der Waals surface area (Å²) in [6.07, 6.45) is 6.65. The molecule has 10 heteroatoms. The number of hydrazine groups is 1. The Hall–Kier alpha value is -3.01. The Bertz CT molecular complexity index is 971. The van der Waals surface area contributed by atoms with E-state index in [1.54, 1.807) is 19.0 Å². The van der Waals surface area contributed by atoms with E-state index < -0.39 is 0 Å². The smallest absolute Gasteiger partial charge is 0.336 e. The van der Waals surface area contributed by atoms with Crippen molar-refractivity contribution in [3.63, 3.8) is 0 Å². The SMILES string of the molecule is CN(C)C(=O)CCCOc1ccc2c(c1)CN(CC(=O)NC(C)(C)C)CN2NC(=O)N(C)C1CCCCC1. The van der Waals surface area contributed by atoms with Crippen molar-refractivity contribution in [2.75, 3.05) is 46.0 Å². The molecular weight excluding hydrogens is 484 g/mol. The number of carbonyl (C=O) groups excluding carboxylic acids is 3. The standard InChI is InChI=1S/C28H46N6O4/c1-28(2,3)29-25(35)19-33-18-21-17-23(38-16-10-13-26(36)31(4)5)14-15-24(21)34(20-33)30-27(37)32(6)22-11-8-7-9-12-22/h14-15,17,22H,7-13,16,18-20H2,1-6H3,(H,29,35)(H,30,37). The van der Waals surface area contributed by atoms with Crippen LogP contribution in [0.5, 0.6) is 5.75 Å². The molecule has 1 aliphatic carbocycles. The van der Waals surface area contributed by atoms with Gasteiger partial charge in [0.05, 0.1) is 25.5 Å². The summed E-state index contributed by atoms with van der Waals surface area (Å²) in [6.45, 7) is 7.46. The van der Waals surface area contributed by atoms with E-state index in [0.717, 1.165) is 36.9 Å². The molecular formula is C28H46N6O4. The summed E-state index contributed by atoms with van der Waals surface area (Å²) in [5, 5.41) is 4.84. The Kier molecular flexibility index (Phi) is 10.2. The molecule has 38 heavy (non-hydrogen) atoms. The number of fused-ring (bicyclic) bond motifs is 1. The van der Waals surface area contributed by atoms with Gasteiger partial charge >= 0.3 is 6.03 Å². The third kappa shape index (κ3) is 8.79. The average Bonchev–Trinajstić information content (AvgIpc) is 2.85. The number of nitrogens with one attached hydrogen (secondary N) is 2. The highest BCUT2D eigenvalue weighted by molar-refractivity contribution is 5.79. The maximum absolute atomic E-state index is 13.2. The van der Waals surface area contributed by atoms with Crippen LogP contribution in [0.4, 0.5) is 10.5 Å².